The van der Waals surface area contributed by atoms with E-state index < -0.39 is 5.54 Å². The van der Waals surface area contributed by atoms with Crippen LogP contribution in [0.15, 0.2) is 24.4 Å². The third-order valence-electron chi connectivity index (χ3n) is 2.45. The van der Waals surface area contributed by atoms with Crippen molar-refractivity contribution in [2.75, 3.05) is 7.11 Å². The molecule has 0 bridgehead atoms. The Bertz CT molecular complexity index is 517. The van der Waals surface area contributed by atoms with E-state index in [0.717, 1.165) is 21.3 Å². The Morgan fingerprint density at radius 1 is 1.39 bits per heavy atom. The summed E-state index contributed by atoms with van der Waals surface area (Å²) in [5.41, 5.74) is 7.53. The molecule has 0 unspecified atom stereocenters. The van der Waals surface area contributed by atoms with Gasteiger partial charge in [0.05, 0.1) is 22.9 Å². The largest absolute Gasteiger partial charge is 0.378 e. The van der Waals surface area contributed by atoms with E-state index in [1.807, 2.05) is 32.0 Å². The molecule has 18 heavy (non-hydrogen) atoms. The van der Waals surface area contributed by atoms with E-state index in [4.69, 9.17) is 10.5 Å². The molecule has 0 aliphatic carbocycles. The third-order valence-corrected chi connectivity index (χ3v) is 3.91. The van der Waals surface area contributed by atoms with Crippen LogP contribution in [0.2, 0.25) is 0 Å². The fourth-order valence-electron chi connectivity index (χ4n) is 1.69. The topological polar surface area (TPSA) is 61.0 Å². The van der Waals surface area contributed by atoms with Gasteiger partial charge in [-0.2, -0.15) is 0 Å². The van der Waals surface area contributed by atoms with E-state index in [1.165, 1.54) is 0 Å². The molecule has 0 atom stereocenters. The summed E-state index contributed by atoms with van der Waals surface area (Å²) < 4.78 is 5.18. The Morgan fingerprint density at radius 2 is 2.17 bits per heavy atom. The number of pyridine rings is 1. The zero-order valence-corrected chi connectivity index (χ0v) is 11.6. The first-order chi connectivity index (χ1) is 8.52. The molecule has 4 nitrogen and oxygen atoms in total. The molecule has 0 aromatic carbocycles. The van der Waals surface area contributed by atoms with Gasteiger partial charge in [0.1, 0.15) is 5.01 Å². The van der Waals surface area contributed by atoms with Crippen molar-refractivity contribution < 1.29 is 4.74 Å². The van der Waals surface area contributed by atoms with E-state index >= 15 is 0 Å². The lowest BCUT2D eigenvalue weighted by molar-refractivity contribution is 0.180. The molecular formula is C13H17N3OS. The number of hydrogen-bond donors (Lipinski definition) is 1. The van der Waals surface area contributed by atoms with Crippen LogP contribution in [-0.4, -0.2) is 17.1 Å². The van der Waals surface area contributed by atoms with Crippen molar-refractivity contribution in [3.63, 3.8) is 0 Å². The molecule has 0 fully saturated rings. The van der Waals surface area contributed by atoms with E-state index in [-0.39, 0.29) is 0 Å². The van der Waals surface area contributed by atoms with Crippen LogP contribution in [0.3, 0.4) is 0 Å². The minimum absolute atomic E-state index is 0.418. The van der Waals surface area contributed by atoms with Crippen LogP contribution in [0.4, 0.5) is 0 Å². The lowest BCUT2D eigenvalue weighted by Gasteiger charge is -2.17. The van der Waals surface area contributed by atoms with Gasteiger partial charge in [-0.15, -0.1) is 11.3 Å². The van der Waals surface area contributed by atoms with Crippen molar-refractivity contribution in [3.8, 4) is 10.7 Å². The van der Waals surface area contributed by atoms with Crippen molar-refractivity contribution in [3.05, 3.63) is 35.0 Å². The fraction of sp³-hybridized carbons (Fsp3) is 0.385. The highest BCUT2D eigenvalue weighted by Gasteiger charge is 2.24. The number of thiazole rings is 1. The van der Waals surface area contributed by atoms with Gasteiger partial charge >= 0.3 is 0 Å². The Balaban J connectivity index is 2.46. The van der Waals surface area contributed by atoms with Gasteiger partial charge in [0.15, 0.2) is 0 Å². The molecular weight excluding hydrogens is 246 g/mol. The monoisotopic (exact) mass is 263 g/mol. The maximum atomic E-state index is 6.17. The lowest BCUT2D eigenvalue weighted by Crippen LogP contribution is -2.28. The molecule has 2 rings (SSSR count). The van der Waals surface area contributed by atoms with Crippen LogP contribution < -0.4 is 5.73 Å². The van der Waals surface area contributed by atoms with Gasteiger partial charge in [-0.3, -0.25) is 4.98 Å². The number of rotatable bonds is 4. The molecule has 2 N–H and O–H groups in total. The molecule has 2 heterocycles. The standard InChI is InChI=1S/C13H17N3OS/c1-13(2,14)11-10(8-17-3)16-12(18-11)9-6-4-5-7-15-9/h4-7H,8,14H2,1-3H3. The summed E-state index contributed by atoms with van der Waals surface area (Å²) in [6.07, 6.45) is 1.76. The molecule has 2 aromatic heterocycles. The number of hydrogen-bond acceptors (Lipinski definition) is 5. The summed E-state index contributed by atoms with van der Waals surface area (Å²) in [6, 6.07) is 5.79. The van der Waals surface area contributed by atoms with Crippen molar-refractivity contribution in [2.24, 2.45) is 5.73 Å². The Labute approximate surface area is 111 Å². The first-order valence-electron chi connectivity index (χ1n) is 5.72. The zero-order chi connectivity index (χ0) is 13.2. The molecule has 0 amide bonds. The van der Waals surface area contributed by atoms with Gasteiger partial charge in [0, 0.05) is 18.8 Å². The number of ether oxygens (including phenoxy) is 1. The molecule has 0 saturated carbocycles. The smallest absolute Gasteiger partial charge is 0.142 e. The number of nitrogens with zero attached hydrogens (tertiary/aromatic N) is 2. The summed E-state index contributed by atoms with van der Waals surface area (Å²) in [5, 5.41) is 0.885. The first-order valence-corrected chi connectivity index (χ1v) is 6.53. The minimum Gasteiger partial charge on any atom is -0.378 e. The number of methoxy groups -OCH3 is 1. The summed E-state index contributed by atoms with van der Waals surface area (Å²) in [7, 11) is 1.66. The molecule has 0 aliphatic heterocycles. The Morgan fingerprint density at radius 3 is 2.72 bits per heavy atom. The van der Waals surface area contributed by atoms with E-state index in [9.17, 15) is 0 Å². The highest BCUT2D eigenvalue weighted by molar-refractivity contribution is 7.15. The second-order valence-corrected chi connectivity index (χ2v) is 5.66. The zero-order valence-electron chi connectivity index (χ0n) is 10.8. The fourth-order valence-corrected chi connectivity index (χ4v) is 2.75. The van der Waals surface area contributed by atoms with Gasteiger partial charge in [-0.1, -0.05) is 6.07 Å². The number of aromatic nitrogens is 2. The quantitative estimate of drug-likeness (QED) is 0.921. The van der Waals surface area contributed by atoms with Crippen molar-refractivity contribution in [1.82, 2.24) is 9.97 Å². The van der Waals surface area contributed by atoms with E-state index in [0.29, 0.717) is 6.61 Å². The van der Waals surface area contributed by atoms with Crippen LogP contribution in [0.1, 0.15) is 24.4 Å². The molecule has 0 spiro atoms. The van der Waals surface area contributed by atoms with E-state index in [1.54, 1.807) is 24.6 Å². The van der Waals surface area contributed by atoms with Gasteiger partial charge < -0.3 is 10.5 Å². The molecule has 96 valence electrons. The van der Waals surface area contributed by atoms with Crippen LogP contribution in [0, 0.1) is 0 Å². The average Bonchev–Trinajstić information content (AvgIpc) is 2.75. The van der Waals surface area contributed by atoms with Crippen LogP contribution in [0.25, 0.3) is 10.7 Å². The maximum Gasteiger partial charge on any atom is 0.142 e. The van der Waals surface area contributed by atoms with Crippen LogP contribution >= 0.6 is 11.3 Å². The summed E-state index contributed by atoms with van der Waals surface area (Å²) in [4.78, 5) is 9.95. The van der Waals surface area contributed by atoms with Crippen molar-refractivity contribution >= 4 is 11.3 Å². The summed E-state index contributed by atoms with van der Waals surface area (Å²) >= 11 is 1.58. The van der Waals surface area contributed by atoms with Gasteiger partial charge in [-0.05, 0) is 26.0 Å². The molecule has 0 radical (unpaired) electrons. The van der Waals surface area contributed by atoms with Crippen molar-refractivity contribution in [1.29, 1.82) is 0 Å². The summed E-state index contributed by atoms with van der Waals surface area (Å²) in [6.45, 7) is 4.42. The lowest BCUT2D eigenvalue weighted by atomic mass is 10.0. The molecule has 5 heteroatoms. The predicted octanol–water partition coefficient (Wildman–Crippen LogP) is 2.55. The van der Waals surface area contributed by atoms with Crippen molar-refractivity contribution in [2.45, 2.75) is 26.0 Å². The second kappa shape index (κ2) is 5.14. The van der Waals surface area contributed by atoms with Gasteiger partial charge in [0.2, 0.25) is 0 Å². The van der Waals surface area contributed by atoms with Gasteiger partial charge in [0.25, 0.3) is 0 Å². The Kier molecular flexibility index (Phi) is 3.75. The first kappa shape index (κ1) is 13.1. The molecule has 0 aliphatic rings. The average molecular weight is 263 g/mol. The van der Waals surface area contributed by atoms with Crippen LogP contribution in [0.5, 0.6) is 0 Å². The molecule has 0 saturated heterocycles. The maximum absolute atomic E-state index is 6.17. The summed E-state index contributed by atoms with van der Waals surface area (Å²) in [5.74, 6) is 0. The minimum atomic E-state index is -0.418. The van der Waals surface area contributed by atoms with Gasteiger partial charge in [-0.25, -0.2) is 4.98 Å². The van der Waals surface area contributed by atoms with E-state index in [2.05, 4.69) is 9.97 Å². The number of nitrogens with two attached hydrogens (primary N) is 1. The second-order valence-electron chi connectivity index (χ2n) is 4.66. The highest BCUT2D eigenvalue weighted by Crippen LogP contribution is 2.33. The SMILES string of the molecule is COCc1nc(-c2ccccn2)sc1C(C)(C)N. The highest BCUT2D eigenvalue weighted by atomic mass is 32.1. The Hall–Kier alpha value is -1.30. The molecule has 2 aromatic rings. The predicted molar refractivity (Wildman–Crippen MR) is 73.3 cm³/mol. The normalized spacial score (nSPS) is 11.8. The third kappa shape index (κ3) is 2.75. The van der Waals surface area contributed by atoms with Crippen LogP contribution in [-0.2, 0) is 16.9 Å².